The maximum Gasteiger partial charge on any atom is 0.303 e. The molecule has 0 aliphatic heterocycles. The molecule has 0 radical (unpaired) electrons. The highest BCUT2D eigenvalue weighted by Gasteiger charge is 2.27. The third-order valence-electron chi connectivity index (χ3n) is 3.53. The van der Waals surface area contributed by atoms with E-state index in [1.807, 2.05) is 20.8 Å². The Bertz CT molecular complexity index is 311. The summed E-state index contributed by atoms with van der Waals surface area (Å²) < 4.78 is 0. The smallest absolute Gasteiger partial charge is 0.303 e. The van der Waals surface area contributed by atoms with Crippen LogP contribution >= 0.6 is 0 Å². The molecule has 1 amide bonds. The molecular formula is C15H30N2O3. The van der Waals surface area contributed by atoms with Crippen LogP contribution in [-0.4, -0.2) is 29.6 Å². The van der Waals surface area contributed by atoms with Crippen molar-refractivity contribution in [2.45, 2.75) is 65.8 Å². The van der Waals surface area contributed by atoms with Crippen molar-refractivity contribution >= 4 is 11.9 Å². The molecule has 0 bridgehead atoms. The van der Waals surface area contributed by atoms with Crippen molar-refractivity contribution in [3.8, 4) is 0 Å². The topological polar surface area (TPSA) is 92.4 Å². The standard InChI is InChI=1S/C15H30N2O3/c1-5-6-11(7-8-12(18)19)9-10-17-14(20)13(16)15(2,3)4/h11,13H,5-10,16H2,1-4H3,(H,17,20)(H,18,19). The van der Waals surface area contributed by atoms with E-state index < -0.39 is 12.0 Å². The van der Waals surface area contributed by atoms with E-state index in [9.17, 15) is 9.59 Å². The molecule has 5 heteroatoms. The molecule has 0 saturated carbocycles. The second-order valence-electron chi connectivity index (χ2n) is 6.51. The highest BCUT2D eigenvalue weighted by Crippen LogP contribution is 2.19. The molecule has 0 saturated heterocycles. The SMILES string of the molecule is CCCC(CCNC(=O)C(N)C(C)(C)C)CCC(=O)O. The molecule has 0 rings (SSSR count). The lowest BCUT2D eigenvalue weighted by atomic mass is 9.87. The molecule has 0 aliphatic rings. The van der Waals surface area contributed by atoms with Gasteiger partial charge in [0.05, 0.1) is 6.04 Å². The monoisotopic (exact) mass is 286 g/mol. The minimum Gasteiger partial charge on any atom is -0.481 e. The summed E-state index contributed by atoms with van der Waals surface area (Å²) in [4.78, 5) is 22.5. The van der Waals surface area contributed by atoms with Crippen LogP contribution in [0.5, 0.6) is 0 Å². The maximum absolute atomic E-state index is 11.9. The van der Waals surface area contributed by atoms with Crippen LogP contribution < -0.4 is 11.1 Å². The first-order chi connectivity index (χ1) is 9.18. The molecule has 0 fully saturated rings. The summed E-state index contributed by atoms with van der Waals surface area (Å²) in [5.41, 5.74) is 5.62. The molecule has 0 aromatic rings. The van der Waals surface area contributed by atoms with Crippen LogP contribution in [0.3, 0.4) is 0 Å². The van der Waals surface area contributed by atoms with Crippen LogP contribution in [0.1, 0.15) is 59.8 Å². The number of nitrogens with two attached hydrogens (primary N) is 1. The number of rotatable bonds is 9. The number of hydrogen-bond donors (Lipinski definition) is 3. The Morgan fingerprint density at radius 2 is 1.80 bits per heavy atom. The Morgan fingerprint density at radius 1 is 1.20 bits per heavy atom. The average Bonchev–Trinajstić information content (AvgIpc) is 2.33. The van der Waals surface area contributed by atoms with Crippen LogP contribution in [0.4, 0.5) is 0 Å². The lowest BCUT2D eigenvalue weighted by Crippen LogP contribution is -2.48. The van der Waals surface area contributed by atoms with Crippen LogP contribution in [0.2, 0.25) is 0 Å². The van der Waals surface area contributed by atoms with Crippen LogP contribution in [-0.2, 0) is 9.59 Å². The summed E-state index contributed by atoms with van der Waals surface area (Å²) in [6.07, 6.45) is 3.70. The maximum atomic E-state index is 11.9. The van der Waals surface area contributed by atoms with Gasteiger partial charge in [0.1, 0.15) is 0 Å². The first-order valence-corrected chi connectivity index (χ1v) is 7.43. The molecule has 2 atom stereocenters. The zero-order chi connectivity index (χ0) is 15.8. The highest BCUT2D eigenvalue weighted by molar-refractivity contribution is 5.82. The van der Waals surface area contributed by atoms with Gasteiger partial charge in [-0.15, -0.1) is 0 Å². The van der Waals surface area contributed by atoms with Crippen molar-refractivity contribution in [1.82, 2.24) is 5.32 Å². The minimum absolute atomic E-state index is 0.133. The third kappa shape index (κ3) is 8.15. The zero-order valence-electron chi connectivity index (χ0n) is 13.2. The zero-order valence-corrected chi connectivity index (χ0v) is 13.2. The van der Waals surface area contributed by atoms with Crippen molar-refractivity contribution in [2.24, 2.45) is 17.1 Å². The molecule has 0 aromatic heterocycles. The van der Waals surface area contributed by atoms with E-state index in [0.29, 0.717) is 18.9 Å². The van der Waals surface area contributed by atoms with Crippen molar-refractivity contribution < 1.29 is 14.7 Å². The fraction of sp³-hybridized carbons (Fsp3) is 0.867. The lowest BCUT2D eigenvalue weighted by Gasteiger charge is -2.26. The van der Waals surface area contributed by atoms with E-state index in [2.05, 4.69) is 12.2 Å². The van der Waals surface area contributed by atoms with Gasteiger partial charge in [0.15, 0.2) is 0 Å². The van der Waals surface area contributed by atoms with Crippen molar-refractivity contribution in [3.63, 3.8) is 0 Å². The summed E-state index contributed by atoms with van der Waals surface area (Å²) in [5, 5.41) is 11.6. The number of nitrogens with one attached hydrogen (secondary N) is 1. The van der Waals surface area contributed by atoms with E-state index in [0.717, 1.165) is 19.3 Å². The predicted molar refractivity (Wildman–Crippen MR) is 80.3 cm³/mol. The summed E-state index contributed by atoms with van der Waals surface area (Å²) in [7, 11) is 0. The van der Waals surface area contributed by atoms with E-state index in [4.69, 9.17) is 10.8 Å². The number of aliphatic carboxylic acids is 1. The third-order valence-corrected chi connectivity index (χ3v) is 3.53. The number of amides is 1. The molecule has 2 unspecified atom stereocenters. The normalized spacial score (nSPS) is 14.7. The van der Waals surface area contributed by atoms with Gasteiger partial charge < -0.3 is 16.2 Å². The van der Waals surface area contributed by atoms with Gasteiger partial charge in [-0.1, -0.05) is 40.5 Å². The molecular weight excluding hydrogens is 256 g/mol. The Kier molecular flexibility index (Phi) is 8.46. The van der Waals surface area contributed by atoms with Crippen LogP contribution in [0, 0.1) is 11.3 Å². The van der Waals surface area contributed by atoms with Gasteiger partial charge in [0, 0.05) is 13.0 Å². The molecule has 0 spiro atoms. The Labute approximate surface area is 122 Å². The first kappa shape index (κ1) is 18.9. The number of hydrogen-bond acceptors (Lipinski definition) is 3. The highest BCUT2D eigenvalue weighted by atomic mass is 16.4. The van der Waals surface area contributed by atoms with Crippen molar-refractivity contribution in [1.29, 1.82) is 0 Å². The van der Waals surface area contributed by atoms with Crippen LogP contribution in [0.15, 0.2) is 0 Å². The second-order valence-corrected chi connectivity index (χ2v) is 6.51. The molecule has 0 aliphatic carbocycles. The Hall–Kier alpha value is -1.10. The molecule has 0 aromatic carbocycles. The van der Waals surface area contributed by atoms with Gasteiger partial charge in [-0.25, -0.2) is 0 Å². The van der Waals surface area contributed by atoms with Crippen LogP contribution in [0.25, 0.3) is 0 Å². The Morgan fingerprint density at radius 3 is 2.25 bits per heavy atom. The molecule has 5 nitrogen and oxygen atoms in total. The first-order valence-electron chi connectivity index (χ1n) is 7.43. The number of carbonyl (C=O) groups excluding carboxylic acids is 1. The second kappa shape index (κ2) is 8.95. The van der Waals surface area contributed by atoms with Gasteiger partial charge in [0.25, 0.3) is 0 Å². The van der Waals surface area contributed by atoms with Gasteiger partial charge in [0.2, 0.25) is 5.91 Å². The van der Waals surface area contributed by atoms with Gasteiger partial charge in [-0.3, -0.25) is 9.59 Å². The fourth-order valence-electron chi connectivity index (χ4n) is 2.07. The van der Waals surface area contributed by atoms with Crippen molar-refractivity contribution in [2.75, 3.05) is 6.54 Å². The summed E-state index contributed by atoms with van der Waals surface area (Å²) in [6.45, 7) is 8.45. The van der Waals surface area contributed by atoms with Gasteiger partial charge in [-0.05, 0) is 24.2 Å². The van der Waals surface area contributed by atoms with E-state index in [1.165, 1.54) is 0 Å². The number of carbonyl (C=O) groups is 2. The number of carboxylic acid groups (broad SMARTS) is 1. The number of carboxylic acids is 1. The lowest BCUT2D eigenvalue weighted by molar-refractivity contribution is -0.137. The van der Waals surface area contributed by atoms with Gasteiger partial charge >= 0.3 is 5.97 Å². The Balaban J connectivity index is 4.10. The van der Waals surface area contributed by atoms with Gasteiger partial charge in [-0.2, -0.15) is 0 Å². The van der Waals surface area contributed by atoms with Crippen molar-refractivity contribution in [3.05, 3.63) is 0 Å². The quantitative estimate of drug-likeness (QED) is 0.605. The predicted octanol–water partition coefficient (Wildman–Crippen LogP) is 2.15. The fourth-order valence-corrected chi connectivity index (χ4v) is 2.07. The largest absolute Gasteiger partial charge is 0.481 e. The molecule has 118 valence electrons. The summed E-state index contributed by atoms with van der Waals surface area (Å²) in [6, 6.07) is -0.522. The summed E-state index contributed by atoms with van der Waals surface area (Å²) in [5.74, 6) is -0.543. The average molecular weight is 286 g/mol. The minimum atomic E-state index is -0.759. The molecule has 20 heavy (non-hydrogen) atoms. The molecule has 0 heterocycles. The summed E-state index contributed by atoms with van der Waals surface area (Å²) >= 11 is 0. The van der Waals surface area contributed by atoms with E-state index >= 15 is 0 Å². The molecule has 4 N–H and O–H groups in total. The van der Waals surface area contributed by atoms with E-state index in [1.54, 1.807) is 0 Å². The van der Waals surface area contributed by atoms with E-state index in [-0.39, 0.29) is 17.7 Å².